The molecule has 0 fully saturated rings. The maximum atomic E-state index is 13.5. The third-order valence-corrected chi connectivity index (χ3v) is 3.67. The van der Waals surface area contributed by atoms with Crippen LogP contribution in [-0.4, -0.2) is 22.4 Å². The first-order valence-electron chi connectivity index (χ1n) is 7.45. The van der Waals surface area contributed by atoms with Crippen molar-refractivity contribution in [2.24, 2.45) is 0 Å². The molecule has 0 atom stereocenters. The molecule has 2 N–H and O–H groups in total. The summed E-state index contributed by atoms with van der Waals surface area (Å²) in [5.74, 6) is -1.50. The van der Waals surface area contributed by atoms with Gasteiger partial charge in [0.15, 0.2) is 0 Å². The molecular weight excluding hydrogens is 302 g/mol. The van der Waals surface area contributed by atoms with Crippen molar-refractivity contribution in [1.29, 1.82) is 0 Å². The molecule has 7 heteroatoms. The number of nitrogens with one attached hydrogen (secondary N) is 2. The maximum Gasteiger partial charge on any atom is 0.319 e. The van der Waals surface area contributed by atoms with Crippen LogP contribution >= 0.6 is 0 Å². The fourth-order valence-corrected chi connectivity index (χ4v) is 2.46. The summed E-state index contributed by atoms with van der Waals surface area (Å²) < 4.78 is 28.2. The number of amides is 2. The van der Waals surface area contributed by atoms with E-state index >= 15 is 0 Å². The van der Waals surface area contributed by atoms with Crippen LogP contribution in [0.1, 0.15) is 23.9 Å². The molecule has 124 valence electrons. The topological polar surface area (TPSA) is 59.0 Å². The SMILES string of the molecule is CCn1nc(C)c(CCNC(=O)Nc2ccc(F)cc2F)c1C. The number of urea groups is 1. The normalized spacial score (nSPS) is 10.7. The van der Waals surface area contributed by atoms with Crippen LogP contribution in [0.5, 0.6) is 0 Å². The lowest BCUT2D eigenvalue weighted by Crippen LogP contribution is -2.31. The molecule has 1 aromatic heterocycles. The standard InChI is InChI=1S/C16H20F2N4O/c1-4-22-11(3)13(10(2)21-22)7-8-19-16(23)20-15-6-5-12(17)9-14(15)18/h5-6,9H,4,7-8H2,1-3H3,(H2,19,20,23). The Morgan fingerprint density at radius 3 is 2.65 bits per heavy atom. The number of aryl methyl sites for hydroxylation is 2. The van der Waals surface area contributed by atoms with Crippen LogP contribution in [0, 0.1) is 25.5 Å². The van der Waals surface area contributed by atoms with Gasteiger partial charge in [0.2, 0.25) is 0 Å². The van der Waals surface area contributed by atoms with Gasteiger partial charge in [0.05, 0.1) is 11.4 Å². The predicted octanol–water partition coefficient (Wildman–Crippen LogP) is 3.16. The molecule has 1 aromatic carbocycles. The van der Waals surface area contributed by atoms with E-state index in [-0.39, 0.29) is 5.69 Å². The summed E-state index contributed by atoms with van der Waals surface area (Å²) in [5.41, 5.74) is 3.06. The minimum Gasteiger partial charge on any atom is -0.338 e. The van der Waals surface area contributed by atoms with Gasteiger partial charge in [-0.1, -0.05) is 0 Å². The van der Waals surface area contributed by atoms with Gasteiger partial charge in [-0.15, -0.1) is 0 Å². The lowest BCUT2D eigenvalue weighted by Gasteiger charge is -2.09. The van der Waals surface area contributed by atoms with Crippen LogP contribution in [0.25, 0.3) is 0 Å². The molecule has 2 aromatic rings. The number of anilines is 1. The lowest BCUT2D eigenvalue weighted by molar-refractivity contribution is 0.252. The summed E-state index contributed by atoms with van der Waals surface area (Å²) in [4.78, 5) is 11.8. The Morgan fingerprint density at radius 1 is 1.30 bits per heavy atom. The van der Waals surface area contributed by atoms with Crippen molar-refractivity contribution in [3.63, 3.8) is 0 Å². The zero-order valence-corrected chi connectivity index (χ0v) is 13.4. The fourth-order valence-electron chi connectivity index (χ4n) is 2.46. The van der Waals surface area contributed by atoms with Gasteiger partial charge in [0.1, 0.15) is 11.6 Å². The molecule has 0 aliphatic carbocycles. The highest BCUT2D eigenvalue weighted by Crippen LogP contribution is 2.15. The molecule has 2 amide bonds. The molecule has 0 saturated carbocycles. The summed E-state index contributed by atoms with van der Waals surface area (Å²) in [5, 5.41) is 9.43. The Hall–Kier alpha value is -2.44. The Bertz CT molecular complexity index is 712. The third-order valence-electron chi connectivity index (χ3n) is 3.67. The van der Waals surface area contributed by atoms with Crippen LogP contribution < -0.4 is 10.6 Å². The largest absolute Gasteiger partial charge is 0.338 e. The number of nitrogens with zero attached hydrogens (tertiary/aromatic N) is 2. The highest BCUT2D eigenvalue weighted by molar-refractivity contribution is 5.89. The molecule has 0 aliphatic rings. The maximum absolute atomic E-state index is 13.5. The molecule has 0 radical (unpaired) electrons. The minimum atomic E-state index is -0.809. The van der Waals surface area contributed by atoms with Gasteiger partial charge in [0.25, 0.3) is 0 Å². The Kier molecular flexibility index (Phi) is 5.31. The van der Waals surface area contributed by atoms with E-state index < -0.39 is 17.7 Å². The van der Waals surface area contributed by atoms with Gasteiger partial charge < -0.3 is 10.6 Å². The second-order valence-electron chi connectivity index (χ2n) is 5.22. The molecule has 5 nitrogen and oxygen atoms in total. The second-order valence-corrected chi connectivity index (χ2v) is 5.22. The molecule has 0 bridgehead atoms. The van der Waals surface area contributed by atoms with Crippen LogP contribution in [0.4, 0.5) is 19.3 Å². The zero-order chi connectivity index (χ0) is 17.0. The number of hydrogen-bond acceptors (Lipinski definition) is 2. The van der Waals surface area contributed by atoms with E-state index in [1.54, 1.807) is 0 Å². The molecular formula is C16H20F2N4O. The number of hydrogen-bond donors (Lipinski definition) is 2. The predicted molar refractivity (Wildman–Crippen MR) is 84.5 cm³/mol. The van der Waals surface area contributed by atoms with Gasteiger partial charge in [-0.2, -0.15) is 5.10 Å². The number of carbonyl (C=O) groups excluding carboxylic acids is 1. The average Bonchev–Trinajstić information content (AvgIpc) is 2.77. The van der Waals surface area contributed by atoms with Gasteiger partial charge in [-0.25, -0.2) is 13.6 Å². The third kappa shape index (κ3) is 4.06. The first-order valence-corrected chi connectivity index (χ1v) is 7.45. The number of carbonyl (C=O) groups is 1. The van der Waals surface area contributed by atoms with E-state index in [9.17, 15) is 13.6 Å². The van der Waals surface area contributed by atoms with Gasteiger partial charge in [0, 0.05) is 24.8 Å². The minimum absolute atomic E-state index is 0.0601. The quantitative estimate of drug-likeness (QED) is 0.888. The number of benzene rings is 1. The number of aromatic nitrogens is 2. The molecule has 23 heavy (non-hydrogen) atoms. The molecule has 2 rings (SSSR count). The second kappa shape index (κ2) is 7.21. The van der Waals surface area contributed by atoms with Gasteiger partial charge in [-0.05, 0) is 44.9 Å². The smallest absolute Gasteiger partial charge is 0.319 e. The van der Waals surface area contributed by atoms with Crippen LogP contribution in [-0.2, 0) is 13.0 Å². The highest BCUT2D eigenvalue weighted by atomic mass is 19.1. The lowest BCUT2D eigenvalue weighted by atomic mass is 10.1. The fraction of sp³-hybridized carbons (Fsp3) is 0.375. The summed E-state index contributed by atoms with van der Waals surface area (Å²) in [6, 6.07) is 2.46. The van der Waals surface area contributed by atoms with Crippen LogP contribution in [0.2, 0.25) is 0 Å². The van der Waals surface area contributed by atoms with Crippen LogP contribution in [0.15, 0.2) is 18.2 Å². The molecule has 1 heterocycles. The summed E-state index contributed by atoms with van der Waals surface area (Å²) in [7, 11) is 0. The van der Waals surface area contributed by atoms with Crippen molar-refractivity contribution in [3.05, 3.63) is 46.8 Å². The monoisotopic (exact) mass is 322 g/mol. The van der Waals surface area contributed by atoms with Crippen molar-refractivity contribution in [2.75, 3.05) is 11.9 Å². The molecule has 0 aliphatic heterocycles. The number of rotatable bonds is 5. The molecule has 0 unspecified atom stereocenters. The van der Waals surface area contributed by atoms with E-state index in [0.717, 1.165) is 35.6 Å². The van der Waals surface area contributed by atoms with E-state index in [2.05, 4.69) is 15.7 Å². The van der Waals surface area contributed by atoms with E-state index in [0.29, 0.717) is 13.0 Å². The summed E-state index contributed by atoms with van der Waals surface area (Å²) >= 11 is 0. The van der Waals surface area contributed by atoms with Crippen molar-refractivity contribution < 1.29 is 13.6 Å². The zero-order valence-electron chi connectivity index (χ0n) is 13.4. The van der Waals surface area contributed by atoms with E-state index in [4.69, 9.17) is 0 Å². The molecule has 0 saturated heterocycles. The summed E-state index contributed by atoms with van der Waals surface area (Å²) in [6.07, 6.45) is 0.636. The van der Waals surface area contributed by atoms with Crippen molar-refractivity contribution in [2.45, 2.75) is 33.7 Å². The van der Waals surface area contributed by atoms with Crippen molar-refractivity contribution >= 4 is 11.7 Å². The summed E-state index contributed by atoms with van der Waals surface area (Å²) in [6.45, 7) is 7.14. The highest BCUT2D eigenvalue weighted by Gasteiger charge is 2.11. The Balaban J connectivity index is 1.89. The Morgan fingerprint density at radius 2 is 2.04 bits per heavy atom. The molecule has 0 spiro atoms. The first-order chi connectivity index (χ1) is 10.9. The van der Waals surface area contributed by atoms with Gasteiger partial charge >= 0.3 is 6.03 Å². The van der Waals surface area contributed by atoms with Crippen molar-refractivity contribution in [1.82, 2.24) is 15.1 Å². The first kappa shape index (κ1) is 16.9. The van der Waals surface area contributed by atoms with Crippen molar-refractivity contribution in [3.8, 4) is 0 Å². The van der Waals surface area contributed by atoms with E-state index in [1.807, 2.05) is 25.5 Å². The number of halogens is 2. The Labute approximate surface area is 133 Å². The van der Waals surface area contributed by atoms with Crippen LogP contribution in [0.3, 0.4) is 0 Å². The van der Waals surface area contributed by atoms with Gasteiger partial charge in [-0.3, -0.25) is 4.68 Å². The van der Waals surface area contributed by atoms with E-state index in [1.165, 1.54) is 6.07 Å². The average molecular weight is 322 g/mol.